The summed E-state index contributed by atoms with van der Waals surface area (Å²) in [5.41, 5.74) is 0. The van der Waals surface area contributed by atoms with Gasteiger partial charge in [0, 0.05) is 0 Å². The van der Waals surface area contributed by atoms with E-state index < -0.39 is 0 Å². The maximum atomic E-state index is 9.20. The van der Waals surface area contributed by atoms with E-state index in [0.717, 1.165) is 0 Å². The van der Waals surface area contributed by atoms with E-state index in [2.05, 4.69) is 0 Å². The minimum atomic E-state index is -0.363. The fourth-order valence-corrected chi connectivity index (χ4v) is 1.72. The number of benzene rings is 1. The molecule has 0 saturated heterocycles. The van der Waals surface area contributed by atoms with Crippen LogP contribution in [0.2, 0.25) is 25.1 Å². The van der Waals surface area contributed by atoms with Crippen molar-refractivity contribution in [1.82, 2.24) is 0 Å². The van der Waals surface area contributed by atoms with Crippen LogP contribution in [0.5, 0.6) is 5.75 Å². The van der Waals surface area contributed by atoms with E-state index >= 15 is 0 Å². The standard InChI is InChI=1S/C6HCl5O.Zn/c7-1-2(8)4(10)6(12)5(11)3(1)9;/h12H;/q;+2. The van der Waals surface area contributed by atoms with Gasteiger partial charge in [-0.05, 0) is 0 Å². The van der Waals surface area contributed by atoms with Crippen molar-refractivity contribution in [3.63, 3.8) is 0 Å². The molecule has 0 aliphatic rings. The molecule has 7 heteroatoms. The van der Waals surface area contributed by atoms with E-state index in [1.807, 2.05) is 0 Å². The zero-order valence-electron chi connectivity index (χ0n) is 6.04. The predicted molar refractivity (Wildman–Crippen MR) is 53.2 cm³/mol. The third-order valence-corrected chi connectivity index (χ3v) is 3.44. The number of phenolic OH excluding ortho intramolecular Hbond substituents is 1. The SMILES string of the molecule is Oc1c(Cl)c(Cl)c(Cl)c(Cl)c1Cl.[Zn+2]. The van der Waals surface area contributed by atoms with Gasteiger partial charge >= 0.3 is 19.5 Å². The van der Waals surface area contributed by atoms with Crippen LogP contribution in [0.4, 0.5) is 0 Å². The van der Waals surface area contributed by atoms with Crippen molar-refractivity contribution in [2.45, 2.75) is 0 Å². The van der Waals surface area contributed by atoms with Crippen molar-refractivity contribution in [2.75, 3.05) is 0 Å². The molecule has 66 valence electrons. The van der Waals surface area contributed by atoms with Crippen LogP contribution in [0.25, 0.3) is 0 Å². The molecule has 0 saturated carbocycles. The van der Waals surface area contributed by atoms with Crippen LogP contribution in [0.3, 0.4) is 0 Å². The third-order valence-electron chi connectivity index (χ3n) is 1.19. The summed E-state index contributed by atoms with van der Waals surface area (Å²) >= 11 is 27.9. The van der Waals surface area contributed by atoms with E-state index in [0.29, 0.717) is 0 Å². The molecular weight excluding hydrogens is 331 g/mol. The van der Waals surface area contributed by atoms with Crippen LogP contribution in [-0.2, 0) is 19.5 Å². The third kappa shape index (κ3) is 2.56. The zero-order valence-corrected chi connectivity index (χ0v) is 12.8. The van der Waals surface area contributed by atoms with Crippen molar-refractivity contribution in [1.29, 1.82) is 0 Å². The summed E-state index contributed by atoms with van der Waals surface area (Å²) in [7, 11) is 0. The Hall–Kier alpha value is 1.09. The van der Waals surface area contributed by atoms with Gasteiger partial charge in [0.25, 0.3) is 0 Å². The number of rotatable bonds is 0. The van der Waals surface area contributed by atoms with E-state index in [1.165, 1.54) is 0 Å². The second kappa shape index (κ2) is 5.25. The Morgan fingerprint density at radius 3 is 1.15 bits per heavy atom. The second-order valence-corrected chi connectivity index (χ2v) is 3.81. The van der Waals surface area contributed by atoms with E-state index in [1.54, 1.807) is 0 Å². The number of phenols is 1. The Labute approximate surface area is 113 Å². The molecular formula is C6HCl5OZn+2. The van der Waals surface area contributed by atoms with Gasteiger partial charge in [-0.25, -0.2) is 0 Å². The zero-order chi connectivity index (χ0) is 9.46. The van der Waals surface area contributed by atoms with Crippen LogP contribution in [0.15, 0.2) is 0 Å². The van der Waals surface area contributed by atoms with Gasteiger partial charge in [-0.3, -0.25) is 0 Å². The van der Waals surface area contributed by atoms with Crippen LogP contribution in [-0.4, -0.2) is 5.11 Å². The van der Waals surface area contributed by atoms with Gasteiger partial charge in [-0.2, -0.15) is 0 Å². The van der Waals surface area contributed by atoms with Crippen LogP contribution >= 0.6 is 58.0 Å². The van der Waals surface area contributed by atoms with E-state index in [4.69, 9.17) is 58.0 Å². The minimum Gasteiger partial charge on any atom is -0.505 e. The molecule has 0 bridgehead atoms. The van der Waals surface area contributed by atoms with Crippen molar-refractivity contribution >= 4 is 58.0 Å². The molecule has 1 N–H and O–H groups in total. The molecule has 0 atom stereocenters. The number of halogens is 5. The van der Waals surface area contributed by atoms with Crippen LogP contribution in [0, 0.1) is 0 Å². The van der Waals surface area contributed by atoms with Gasteiger partial charge in [0.15, 0.2) is 5.75 Å². The number of hydrogen-bond donors (Lipinski definition) is 1. The average molecular weight is 332 g/mol. The summed E-state index contributed by atoms with van der Waals surface area (Å²) in [6.07, 6.45) is 0. The molecule has 0 heterocycles. The first-order chi connectivity index (χ1) is 5.46. The van der Waals surface area contributed by atoms with Gasteiger partial charge in [-0.1, -0.05) is 58.0 Å². The molecule has 0 aliphatic carbocycles. The Bertz CT molecular complexity index is 235. The topological polar surface area (TPSA) is 20.2 Å². The molecule has 1 nitrogen and oxygen atoms in total. The molecule has 13 heavy (non-hydrogen) atoms. The summed E-state index contributed by atoms with van der Waals surface area (Å²) in [5.74, 6) is -0.363. The van der Waals surface area contributed by atoms with E-state index in [-0.39, 0.29) is 50.3 Å². The molecule has 0 unspecified atom stereocenters. The van der Waals surface area contributed by atoms with Crippen molar-refractivity contribution in [3.05, 3.63) is 25.1 Å². The van der Waals surface area contributed by atoms with Crippen LogP contribution in [0.1, 0.15) is 0 Å². The molecule has 0 fully saturated rings. The summed E-state index contributed by atoms with van der Waals surface area (Å²) in [5, 5.41) is 9.01. The Kier molecular flexibility index (Phi) is 5.69. The molecule has 0 aromatic heterocycles. The fourth-order valence-electron chi connectivity index (χ4n) is 0.593. The smallest absolute Gasteiger partial charge is 0.505 e. The summed E-state index contributed by atoms with van der Waals surface area (Å²) in [4.78, 5) is 0. The molecule has 0 aliphatic heterocycles. The first kappa shape index (κ1) is 14.1. The molecule has 0 spiro atoms. The first-order valence-corrected chi connectivity index (χ1v) is 4.56. The van der Waals surface area contributed by atoms with Gasteiger partial charge in [0.2, 0.25) is 0 Å². The summed E-state index contributed by atoms with van der Waals surface area (Å²) in [6, 6.07) is 0. The Morgan fingerprint density at radius 1 is 0.615 bits per heavy atom. The molecule has 0 amide bonds. The molecule has 1 aromatic carbocycles. The van der Waals surface area contributed by atoms with Gasteiger partial charge < -0.3 is 5.11 Å². The maximum absolute atomic E-state index is 9.20. The monoisotopic (exact) mass is 328 g/mol. The van der Waals surface area contributed by atoms with Gasteiger partial charge in [-0.15, -0.1) is 0 Å². The average Bonchev–Trinajstić information content (AvgIpc) is 2.08. The van der Waals surface area contributed by atoms with Gasteiger partial charge in [0.05, 0.1) is 15.1 Å². The fraction of sp³-hybridized carbons (Fsp3) is 0. The normalized spacial score (nSPS) is 9.62. The maximum Gasteiger partial charge on any atom is 2.00 e. The van der Waals surface area contributed by atoms with E-state index in [9.17, 15) is 5.11 Å². The molecule has 1 aromatic rings. The van der Waals surface area contributed by atoms with Crippen molar-refractivity contribution < 1.29 is 24.6 Å². The van der Waals surface area contributed by atoms with Gasteiger partial charge in [0.1, 0.15) is 10.0 Å². The Morgan fingerprint density at radius 2 is 0.846 bits per heavy atom. The number of hydrogen-bond acceptors (Lipinski definition) is 1. The largest absolute Gasteiger partial charge is 2.00 e. The number of aromatic hydroxyl groups is 1. The van der Waals surface area contributed by atoms with Crippen molar-refractivity contribution in [2.24, 2.45) is 0 Å². The quantitative estimate of drug-likeness (QED) is 0.416. The summed E-state index contributed by atoms with van der Waals surface area (Å²) < 4.78 is 0. The molecule has 1 rings (SSSR count). The second-order valence-electron chi connectivity index (χ2n) is 1.92. The summed E-state index contributed by atoms with van der Waals surface area (Å²) in [6.45, 7) is 0. The van der Waals surface area contributed by atoms with Crippen molar-refractivity contribution in [3.8, 4) is 5.75 Å². The molecule has 0 radical (unpaired) electrons. The Balaban J connectivity index is 0.00000144. The van der Waals surface area contributed by atoms with Crippen LogP contribution < -0.4 is 0 Å². The predicted octanol–water partition coefficient (Wildman–Crippen LogP) is 4.66. The first-order valence-electron chi connectivity index (χ1n) is 2.67. The minimum absolute atomic E-state index is 0.